The molecular formula is C19H29NO2. The lowest BCUT2D eigenvalue weighted by Gasteiger charge is -2.36. The van der Waals surface area contributed by atoms with Crippen molar-refractivity contribution in [1.82, 2.24) is 4.90 Å². The molecule has 0 bridgehead atoms. The van der Waals surface area contributed by atoms with Gasteiger partial charge in [0.25, 0.3) is 0 Å². The number of likely N-dealkylation sites (tertiary alicyclic amines) is 1. The van der Waals surface area contributed by atoms with Crippen LogP contribution in [0.25, 0.3) is 0 Å². The van der Waals surface area contributed by atoms with Gasteiger partial charge in [-0.05, 0) is 44.1 Å². The third-order valence-corrected chi connectivity index (χ3v) is 4.42. The highest BCUT2D eigenvalue weighted by Crippen LogP contribution is 2.21. The van der Waals surface area contributed by atoms with Gasteiger partial charge in [-0.2, -0.15) is 0 Å². The van der Waals surface area contributed by atoms with Crippen LogP contribution in [0, 0.1) is 0 Å². The monoisotopic (exact) mass is 303 g/mol. The number of aryl methyl sites for hydroxylation is 1. The molecule has 0 aliphatic carbocycles. The van der Waals surface area contributed by atoms with E-state index in [1.165, 1.54) is 12.0 Å². The lowest BCUT2D eigenvalue weighted by Crippen LogP contribution is -2.45. The maximum Gasteiger partial charge on any atom is 0.248 e. The Bertz CT molecular complexity index is 432. The van der Waals surface area contributed by atoms with Crippen molar-refractivity contribution in [1.29, 1.82) is 0 Å². The summed E-state index contributed by atoms with van der Waals surface area (Å²) in [5, 5.41) is 0. The van der Waals surface area contributed by atoms with E-state index in [4.69, 9.17) is 4.74 Å². The number of unbranched alkanes of at least 4 members (excludes halogenated alkanes) is 1. The fraction of sp³-hybridized carbons (Fsp3) is 0.632. The summed E-state index contributed by atoms with van der Waals surface area (Å²) in [5.74, 6) is 0.175. The van der Waals surface area contributed by atoms with Crippen LogP contribution in [0.5, 0.6) is 0 Å². The minimum absolute atomic E-state index is 0.175. The van der Waals surface area contributed by atoms with Gasteiger partial charge in [-0.25, -0.2) is 0 Å². The van der Waals surface area contributed by atoms with Crippen LogP contribution in [0.15, 0.2) is 30.3 Å². The maximum atomic E-state index is 12.4. The van der Waals surface area contributed by atoms with Crippen LogP contribution in [0.4, 0.5) is 0 Å². The molecule has 1 aliphatic heterocycles. The molecule has 122 valence electrons. The number of nitrogens with zero attached hydrogens (tertiary/aromatic N) is 1. The van der Waals surface area contributed by atoms with E-state index < -0.39 is 0 Å². The van der Waals surface area contributed by atoms with Gasteiger partial charge in [-0.1, -0.05) is 43.7 Å². The third kappa shape index (κ3) is 5.45. The minimum Gasteiger partial charge on any atom is -0.372 e. The van der Waals surface area contributed by atoms with E-state index >= 15 is 0 Å². The van der Waals surface area contributed by atoms with Crippen LogP contribution in [0.1, 0.15) is 51.0 Å². The SMILES string of the molecule is CCCCOCC(=O)N1CCCCC1CCc1ccccc1. The lowest BCUT2D eigenvalue weighted by molar-refractivity contribution is -0.140. The van der Waals surface area contributed by atoms with Crippen molar-refractivity contribution in [2.45, 2.75) is 57.9 Å². The number of hydrogen-bond acceptors (Lipinski definition) is 2. The predicted molar refractivity (Wildman–Crippen MR) is 89.8 cm³/mol. The van der Waals surface area contributed by atoms with Crippen molar-refractivity contribution in [2.24, 2.45) is 0 Å². The Morgan fingerprint density at radius 2 is 2.09 bits per heavy atom. The smallest absolute Gasteiger partial charge is 0.248 e. The molecule has 1 aromatic rings. The van der Waals surface area contributed by atoms with E-state index in [0.29, 0.717) is 12.6 Å². The van der Waals surface area contributed by atoms with E-state index in [2.05, 4.69) is 36.1 Å². The van der Waals surface area contributed by atoms with Gasteiger partial charge in [0.2, 0.25) is 5.91 Å². The average Bonchev–Trinajstić information content (AvgIpc) is 2.58. The Morgan fingerprint density at radius 3 is 2.86 bits per heavy atom. The maximum absolute atomic E-state index is 12.4. The average molecular weight is 303 g/mol. The van der Waals surface area contributed by atoms with Crippen LogP contribution in [0.3, 0.4) is 0 Å². The zero-order valence-corrected chi connectivity index (χ0v) is 13.8. The van der Waals surface area contributed by atoms with E-state index in [9.17, 15) is 4.79 Å². The second kappa shape index (κ2) is 9.62. The second-order valence-corrected chi connectivity index (χ2v) is 6.17. The van der Waals surface area contributed by atoms with E-state index in [0.717, 1.165) is 45.1 Å². The summed E-state index contributed by atoms with van der Waals surface area (Å²) >= 11 is 0. The van der Waals surface area contributed by atoms with Gasteiger partial charge in [-0.3, -0.25) is 4.79 Å². The molecule has 3 heteroatoms. The van der Waals surface area contributed by atoms with Gasteiger partial charge >= 0.3 is 0 Å². The van der Waals surface area contributed by atoms with E-state index in [-0.39, 0.29) is 12.5 Å². The summed E-state index contributed by atoms with van der Waals surface area (Å²) in [5.41, 5.74) is 1.36. The van der Waals surface area contributed by atoms with Crippen LogP contribution in [0.2, 0.25) is 0 Å². The van der Waals surface area contributed by atoms with Crippen LogP contribution in [-0.4, -0.2) is 36.6 Å². The number of carbonyl (C=O) groups is 1. The summed E-state index contributed by atoms with van der Waals surface area (Å²) in [4.78, 5) is 14.5. The standard InChI is InChI=1S/C19H29NO2/c1-2-3-15-22-16-19(21)20-14-8-7-11-18(20)13-12-17-9-5-4-6-10-17/h4-6,9-10,18H,2-3,7-8,11-16H2,1H3. The molecule has 3 nitrogen and oxygen atoms in total. The molecule has 0 saturated carbocycles. The second-order valence-electron chi connectivity index (χ2n) is 6.17. The molecule has 0 radical (unpaired) electrons. The number of carbonyl (C=O) groups excluding carboxylic acids is 1. The molecule has 0 aromatic heterocycles. The Hall–Kier alpha value is -1.35. The highest BCUT2D eigenvalue weighted by atomic mass is 16.5. The fourth-order valence-electron chi connectivity index (χ4n) is 3.10. The number of amides is 1. The normalized spacial score (nSPS) is 18.4. The van der Waals surface area contributed by atoms with E-state index in [1.807, 2.05) is 6.07 Å². The van der Waals surface area contributed by atoms with E-state index in [1.54, 1.807) is 0 Å². The Balaban J connectivity index is 1.81. The largest absolute Gasteiger partial charge is 0.372 e. The van der Waals surface area contributed by atoms with Gasteiger partial charge in [0.05, 0.1) is 0 Å². The molecule has 1 aliphatic rings. The molecule has 1 atom stereocenters. The van der Waals surface area contributed by atoms with Gasteiger partial charge in [-0.15, -0.1) is 0 Å². The number of hydrogen-bond donors (Lipinski definition) is 0. The quantitative estimate of drug-likeness (QED) is 0.683. The molecule has 1 saturated heterocycles. The summed E-state index contributed by atoms with van der Waals surface area (Å²) in [7, 11) is 0. The van der Waals surface area contributed by atoms with Crippen molar-refractivity contribution >= 4 is 5.91 Å². The first-order valence-electron chi connectivity index (χ1n) is 8.72. The zero-order chi connectivity index (χ0) is 15.6. The summed E-state index contributed by atoms with van der Waals surface area (Å²) < 4.78 is 5.51. The van der Waals surface area contributed by atoms with Crippen LogP contribution >= 0.6 is 0 Å². The van der Waals surface area contributed by atoms with Crippen molar-refractivity contribution in [2.75, 3.05) is 19.8 Å². The molecule has 0 spiro atoms. The van der Waals surface area contributed by atoms with Crippen LogP contribution < -0.4 is 0 Å². The topological polar surface area (TPSA) is 29.5 Å². The molecule has 0 N–H and O–H groups in total. The first-order valence-corrected chi connectivity index (χ1v) is 8.72. The minimum atomic E-state index is 0.175. The lowest BCUT2D eigenvalue weighted by atomic mass is 9.96. The van der Waals surface area contributed by atoms with Crippen molar-refractivity contribution in [3.05, 3.63) is 35.9 Å². The number of rotatable bonds is 8. The summed E-state index contributed by atoms with van der Waals surface area (Å²) in [6.07, 6.45) is 7.75. The van der Waals surface area contributed by atoms with Gasteiger partial charge in [0.15, 0.2) is 0 Å². The first kappa shape index (κ1) is 17.0. The fourth-order valence-corrected chi connectivity index (χ4v) is 3.10. The van der Waals surface area contributed by atoms with Gasteiger partial charge in [0.1, 0.15) is 6.61 Å². The third-order valence-electron chi connectivity index (χ3n) is 4.42. The Morgan fingerprint density at radius 1 is 1.27 bits per heavy atom. The van der Waals surface area contributed by atoms with Gasteiger partial charge < -0.3 is 9.64 Å². The molecule has 22 heavy (non-hydrogen) atoms. The molecule has 1 heterocycles. The number of ether oxygens (including phenoxy) is 1. The zero-order valence-electron chi connectivity index (χ0n) is 13.8. The molecule has 2 rings (SSSR count). The predicted octanol–water partition coefficient (Wildman–Crippen LogP) is 3.82. The van der Waals surface area contributed by atoms with Crippen LogP contribution in [-0.2, 0) is 16.0 Å². The molecule has 1 fully saturated rings. The highest BCUT2D eigenvalue weighted by molar-refractivity contribution is 5.77. The Kier molecular flexibility index (Phi) is 7.44. The van der Waals surface area contributed by atoms with Crippen molar-refractivity contribution < 1.29 is 9.53 Å². The highest BCUT2D eigenvalue weighted by Gasteiger charge is 2.26. The molecule has 1 unspecified atom stereocenters. The first-order chi connectivity index (χ1) is 10.8. The molecular weight excluding hydrogens is 274 g/mol. The summed E-state index contributed by atoms with van der Waals surface area (Å²) in [6.45, 7) is 3.98. The van der Waals surface area contributed by atoms with Crippen molar-refractivity contribution in [3.8, 4) is 0 Å². The summed E-state index contributed by atoms with van der Waals surface area (Å²) in [6, 6.07) is 10.9. The van der Waals surface area contributed by atoms with Crippen molar-refractivity contribution in [3.63, 3.8) is 0 Å². The Labute approximate surface area is 134 Å². The number of piperidine rings is 1. The molecule has 1 amide bonds. The molecule has 1 aromatic carbocycles. The van der Waals surface area contributed by atoms with Gasteiger partial charge in [0, 0.05) is 19.2 Å². The number of benzene rings is 1.